The molecule has 0 aliphatic carbocycles. The van der Waals surface area contributed by atoms with E-state index in [1.165, 1.54) is 6.07 Å². The number of hydrogen-bond donors (Lipinski definition) is 1. The molecule has 1 amide bonds. The highest BCUT2D eigenvalue weighted by Gasteiger charge is 2.20. The monoisotopic (exact) mass is 370 g/mol. The molecule has 1 fully saturated rings. The van der Waals surface area contributed by atoms with Crippen molar-refractivity contribution in [3.05, 3.63) is 54.1 Å². The average molecular weight is 370 g/mol. The Kier molecular flexibility index (Phi) is 6.27. The lowest BCUT2D eigenvalue weighted by Crippen LogP contribution is -2.46. The minimum atomic E-state index is -0.180. The van der Waals surface area contributed by atoms with Crippen molar-refractivity contribution < 1.29 is 9.18 Å². The summed E-state index contributed by atoms with van der Waals surface area (Å²) in [6.07, 6.45) is 2.70. The van der Waals surface area contributed by atoms with Gasteiger partial charge >= 0.3 is 0 Å². The third-order valence-electron chi connectivity index (χ3n) is 4.83. The van der Waals surface area contributed by atoms with Crippen LogP contribution < -0.4 is 15.1 Å². The number of pyridine rings is 1. The van der Waals surface area contributed by atoms with Crippen LogP contribution >= 0.6 is 0 Å². The number of aromatic nitrogens is 1. The fourth-order valence-electron chi connectivity index (χ4n) is 3.19. The summed E-state index contributed by atoms with van der Waals surface area (Å²) in [5, 5.41) is 2.90. The molecule has 2 heterocycles. The van der Waals surface area contributed by atoms with Gasteiger partial charge in [0.25, 0.3) is 5.91 Å². The van der Waals surface area contributed by atoms with Gasteiger partial charge in [0.1, 0.15) is 11.5 Å². The van der Waals surface area contributed by atoms with Crippen LogP contribution in [0.1, 0.15) is 30.8 Å². The predicted octanol–water partition coefficient (Wildman–Crippen LogP) is 3.32. The van der Waals surface area contributed by atoms with Gasteiger partial charge in [0.15, 0.2) is 0 Å². The van der Waals surface area contributed by atoms with Gasteiger partial charge < -0.3 is 15.1 Å². The number of carbonyl (C=O) groups excluding carboxylic acids is 1. The van der Waals surface area contributed by atoms with Crippen molar-refractivity contribution in [2.45, 2.75) is 20.3 Å². The first-order valence-electron chi connectivity index (χ1n) is 9.53. The van der Waals surface area contributed by atoms with Gasteiger partial charge in [0, 0.05) is 32.7 Å². The summed E-state index contributed by atoms with van der Waals surface area (Å²) in [6.45, 7) is 8.00. The van der Waals surface area contributed by atoms with Gasteiger partial charge in [-0.3, -0.25) is 4.79 Å². The largest absolute Gasteiger partial charge is 0.367 e. The molecule has 0 spiro atoms. The van der Waals surface area contributed by atoms with Crippen LogP contribution in [0.3, 0.4) is 0 Å². The lowest BCUT2D eigenvalue weighted by Gasteiger charge is -2.37. The minimum absolute atomic E-state index is 0.133. The van der Waals surface area contributed by atoms with Crippen molar-refractivity contribution >= 4 is 17.3 Å². The Hall–Kier alpha value is -2.63. The Morgan fingerprint density at radius 3 is 2.44 bits per heavy atom. The van der Waals surface area contributed by atoms with Crippen LogP contribution in [0.4, 0.5) is 15.8 Å². The lowest BCUT2D eigenvalue weighted by atomic mass is 10.1. The van der Waals surface area contributed by atoms with E-state index in [1.54, 1.807) is 18.3 Å². The molecule has 1 aliphatic heterocycles. The number of halogens is 1. The molecule has 144 valence electrons. The van der Waals surface area contributed by atoms with Gasteiger partial charge in [-0.1, -0.05) is 26.0 Å². The number of rotatable bonds is 6. The van der Waals surface area contributed by atoms with Gasteiger partial charge in [-0.25, -0.2) is 9.37 Å². The van der Waals surface area contributed by atoms with Gasteiger partial charge in [-0.2, -0.15) is 0 Å². The van der Waals surface area contributed by atoms with Crippen LogP contribution in [0.2, 0.25) is 0 Å². The molecule has 0 radical (unpaired) electrons. The number of piperazine rings is 1. The summed E-state index contributed by atoms with van der Waals surface area (Å²) < 4.78 is 13.9. The van der Waals surface area contributed by atoms with E-state index in [-0.39, 0.29) is 11.7 Å². The summed E-state index contributed by atoms with van der Waals surface area (Å²) >= 11 is 0. The van der Waals surface area contributed by atoms with Gasteiger partial charge in [-0.15, -0.1) is 0 Å². The molecule has 3 rings (SSSR count). The average Bonchev–Trinajstić information content (AvgIpc) is 2.68. The van der Waals surface area contributed by atoms with Crippen LogP contribution in [0.5, 0.6) is 0 Å². The van der Waals surface area contributed by atoms with Crippen molar-refractivity contribution in [2.75, 3.05) is 42.5 Å². The first kappa shape index (κ1) is 19.1. The maximum absolute atomic E-state index is 13.9. The van der Waals surface area contributed by atoms with Crippen molar-refractivity contribution in [3.63, 3.8) is 0 Å². The van der Waals surface area contributed by atoms with E-state index in [0.29, 0.717) is 23.8 Å². The van der Waals surface area contributed by atoms with Crippen molar-refractivity contribution in [1.29, 1.82) is 0 Å². The zero-order chi connectivity index (χ0) is 19.2. The molecule has 0 atom stereocenters. The maximum Gasteiger partial charge on any atom is 0.269 e. The number of amides is 1. The number of carbonyl (C=O) groups is 1. The summed E-state index contributed by atoms with van der Waals surface area (Å²) in [4.78, 5) is 20.7. The van der Waals surface area contributed by atoms with Crippen molar-refractivity contribution in [3.8, 4) is 0 Å². The molecule has 1 aliphatic rings. The second kappa shape index (κ2) is 8.84. The summed E-state index contributed by atoms with van der Waals surface area (Å²) in [6, 6.07) is 10.6. The molecule has 0 unspecified atom stereocenters. The normalized spacial score (nSPS) is 14.5. The molecule has 1 N–H and O–H groups in total. The molecule has 5 nitrogen and oxygen atoms in total. The zero-order valence-electron chi connectivity index (χ0n) is 16.0. The molecule has 6 heteroatoms. The maximum atomic E-state index is 13.9. The predicted molar refractivity (Wildman–Crippen MR) is 107 cm³/mol. The first-order valence-corrected chi connectivity index (χ1v) is 9.53. The van der Waals surface area contributed by atoms with E-state index < -0.39 is 0 Å². The Morgan fingerprint density at radius 1 is 1.11 bits per heavy atom. The van der Waals surface area contributed by atoms with E-state index in [9.17, 15) is 9.18 Å². The number of anilines is 2. The van der Waals surface area contributed by atoms with Crippen LogP contribution in [0.15, 0.2) is 42.6 Å². The fourth-order valence-corrected chi connectivity index (χ4v) is 3.19. The Balaban J connectivity index is 1.54. The molecule has 1 aromatic heterocycles. The van der Waals surface area contributed by atoms with E-state index >= 15 is 0 Å². The number of hydrogen-bond acceptors (Lipinski definition) is 4. The van der Waals surface area contributed by atoms with E-state index in [1.807, 2.05) is 18.2 Å². The molecule has 0 bridgehead atoms. The van der Waals surface area contributed by atoms with Gasteiger partial charge in [0.2, 0.25) is 0 Å². The molecule has 1 saturated heterocycles. The molecular formula is C21H27FN4O. The number of nitrogens with zero attached hydrogens (tertiary/aromatic N) is 3. The third kappa shape index (κ3) is 4.96. The number of para-hydroxylation sites is 1. The minimum Gasteiger partial charge on any atom is -0.367 e. The smallest absolute Gasteiger partial charge is 0.269 e. The number of benzene rings is 1. The van der Waals surface area contributed by atoms with Crippen LogP contribution in [-0.4, -0.2) is 43.6 Å². The van der Waals surface area contributed by atoms with Crippen LogP contribution in [-0.2, 0) is 0 Å². The van der Waals surface area contributed by atoms with E-state index in [4.69, 9.17) is 0 Å². The van der Waals surface area contributed by atoms with Crippen molar-refractivity contribution in [2.24, 2.45) is 5.92 Å². The first-order chi connectivity index (χ1) is 13.0. The highest BCUT2D eigenvalue weighted by Crippen LogP contribution is 2.22. The SMILES string of the molecule is CC(C)CCNC(=O)c1ccc(N2CCN(c3ccccc3F)CC2)cn1. The summed E-state index contributed by atoms with van der Waals surface area (Å²) in [5.74, 6) is 0.246. The summed E-state index contributed by atoms with van der Waals surface area (Å²) in [7, 11) is 0. The molecule has 0 saturated carbocycles. The number of nitrogens with one attached hydrogen (secondary N) is 1. The Bertz CT molecular complexity index is 755. The van der Waals surface area contributed by atoms with E-state index in [2.05, 4.69) is 33.9 Å². The van der Waals surface area contributed by atoms with E-state index in [0.717, 1.165) is 38.3 Å². The fraction of sp³-hybridized carbons (Fsp3) is 0.429. The second-order valence-electron chi connectivity index (χ2n) is 7.27. The highest BCUT2D eigenvalue weighted by molar-refractivity contribution is 5.92. The third-order valence-corrected chi connectivity index (χ3v) is 4.83. The van der Waals surface area contributed by atoms with Crippen LogP contribution in [0, 0.1) is 11.7 Å². The zero-order valence-corrected chi connectivity index (χ0v) is 16.0. The Morgan fingerprint density at radius 2 is 1.81 bits per heavy atom. The molecule has 2 aromatic rings. The van der Waals surface area contributed by atoms with Crippen LogP contribution in [0.25, 0.3) is 0 Å². The molecule has 27 heavy (non-hydrogen) atoms. The Labute approximate surface area is 160 Å². The van der Waals surface area contributed by atoms with Gasteiger partial charge in [0.05, 0.1) is 17.6 Å². The second-order valence-corrected chi connectivity index (χ2v) is 7.27. The lowest BCUT2D eigenvalue weighted by molar-refractivity contribution is 0.0947. The quantitative estimate of drug-likeness (QED) is 0.847. The molecule has 1 aromatic carbocycles. The van der Waals surface area contributed by atoms with Crippen molar-refractivity contribution in [1.82, 2.24) is 10.3 Å². The highest BCUT2D eigenvalue weighted by atomic mass is 19.1. The van der Waals surface area contributed by atoms with Gasteiger partial charge in [-0.05, 0) is 36.6 Å². The molecular weight excluding hydrogens is 343 g/mol. The summed E-state index contributed by atoms with van der Waals surface area (Å²) in [5.41, 5.74) is 2.08. The topological polar surface area (TPSA) is 48.5 Å². The standard InChI is InChI=1S/C21H27FN4O/c1-16(2)9-10-23-21(27)19-8-7-17(15-24-19)25-11-13-26(14-12-25)20-6-4-3-5-18(20)22/h3-8,15-16H,9-14H2,1-2H3,(H,23,27).